The van der Waals surface area contributed by atoms with Gasteiger partial charge in [-0.3, -0.25) is 0 Å². The number of benzene rings is 1. The molecule has 0 atom stereocenters. The van der Waals surface area contributed by atoms with Gasteiger partial charge in [0.15, 0.2) is 0 Å². The molecule has 3 heteroatoms. The van der Waals surface area contributed by atoms with Crippen molar-refractivity contribution in [1.82, 2.24) is 0 Å². The highest BCUT2D eigenvalue weighted by Gasteiger charge is 2.01. The van der Waals surface area contributed by atoms with Gasteiger partial charge in [0.1, 0.15) is 0 Å². The standard InChI is InChI=1S/C13H8BrNS/c14-12-5-3-10(4-6-12)11(9-15)8-13-2-1-7-16-13/h1-8H/b11-8-. The number of hydrogen-bond donors (Lipinski definition) is 0. The molecule has 0 aliphatic carbocycles. The van der Waals surface area contributed by atoms with Crippen LogP contribution in [0.25, 0.3) is 11.6 Å². The van der Waals surface area contributed by atoms with Crippen molar-refractivity contribution in [3.8, 4) is 6.07 Å². The summed E-state index contributed by atoms with van der Waals surface area (Å²) in [6, 6.07) is 14.0. The molecular formula is C13H8BrNS. The van der Waals surface area contributed by atoms with E-state index < -0.39 is 0 Å². The quantitative estimate of drug-likeness (QED) is 0.743. The van der Waals surface area contributed by atoms with E-state index in [0.29, 0.717) is 5.57 Å². The zero-order valence-electron chi connectivity index (χ0n) is 8.35. The number of halogens is 1. The molecule has 78 valence electrons. The lowest BCUT2D eigenvalue weighted by Crippen LogP contribution is -1.80. The monoisotopic (exact) mass is 289 g/mol. The largest absolute Gasteiger partial charge is 0.192 e. The minimum atomic E-state index is 0.690. The molecule has 0 unspecified atom stereocenters. The lowest BCUT2D eigenvalue weighted by Gasteiger charge is -1.98. The van der Waals surface area contributed by atoms with Gasteiger partial charge in [-0.05, 0) is 35.2 Å². The number of nitrogens with zero attached hydrogens (tertiary/aromatic N) is 1. The molecule has 0 radical (unpaired) electrons. The van der Waals surface area contributed by atoms with E-state index in [2.05, 4.69) is 22.0 Å². The average Bonchev–Trinajstić information content (AvgIpc) is 2.80. The topological polar surface area (TPSA) is 23.8 Å². The van der Waals surface area contributed by atoms with Crippen LogP contribution in [-0.2, 0) is 0 Å². The summed E-state index contributed by atoms with van der Waals surface area (Å²) < 4.78 is 1.02. The van der Waals surface area contributed by atoms with Gasteiger partial charge in [0.25, 0.3) is 0 Å². The zero-order chi connectivity index (χ0) is 11.4. The van der Waals surface area contributed by atoms with Gasteiger partial charge in [-0.15, -0.1) is 11.3 Å². The zero-order valence-corrected chi connectivity index (χ0v) is 10.8. The van der Waals surface area contributed by atoms with Crippen LogP contribution in [0.15, 0.2) is 46.3 Å². The molecule has 0 saturated carbocycles. The van der Waals surface area contributed by atoms with Gasteiger partial charge in [-0.25, -0.2) is 0 Å². The van der Waals surface area contributed by atoms with Gasteiger partial charge in [0.2, 0.25) is 0 Å². The van der Waals surface area contributed by atoms with Crippen molar-refractivity contribution < 1.29 is 0 Å². The Hall–Kier alpha value is -1.37. The highest BCUT2D eigenvalue weighted by molar-refractivity contribution is 9.10. The first-order valence-electron chi connectivity index (χ1n) is 4.71. The van der Waals surface area contributed by atoms with E-state index in [1.54, 1.807) is 11.3 Å². The summed E-state index contributed by atoms with van der Waals surface area (Å²) >= 11 is 5.00. The minimum Gasteiger partial charge on any atom is -0.192 e. The second kappa shape index (κ2) is 5.11. The van der Waals surface area contributed by atoms with Crippen LogP contribution in [0.1, 0.15) is 10.4 Å². The molecule has 0 saturated heterocycles. The molecule has 0 fully saturated rings. The fourth-order valence-electron chi connectivity index (χ4n) is 1.33. The van der Waals surface area contributed by atoms with Gasteiger partial charge >= 0.3 is 0 Å². The van der Waals surface area contributed by atoms with Crippen molar-refractivity contribution in [3.05, 3.63) is 56.7 Å². The lowest BCUT2D eigenvalue weighted by molar-refractivity contribution is 1.52. The van der Waals surface area contributed by atoms with Gasteiger partial charge in [0, 0.05) is 9.35 Å². The summed E-state index contributed by atoms with van der Waals surface area (Å²) in [5, 5.41) is 11.1. The minimum absolute atomic E-state index is 0.690. The van der Waals surface area contributed by atoms with Gasteiger partial charge in [-0.2, -0.15) is 5.26 Å². The first kappa shape index (κ1) is 11.1. The Balaban J connectivity index is 2.37. The third-order valence-corrected chi connectivity index (χ3v) is 3.45. The highest BCUT2D eigenvalue weighted by Crippen LogP contribution is 2.21. The van der Waals surface area contributed by atoms with Crippen LogP contribution in [0, 0.1) is 11.3 Å². The molecule has 1 heterocycles. The highest BCUT2D eigenvalue weighted by atomic mass is 79.9. The molecule has 0 spiro atoms. The van der Waals surface area contributed by atoms with E-state index >= 15 is 0 Å². The fourth-order valence-corrected chi connectivity index (χ4v) is 2.25. The van der Waals surface area contributed by atoms with E-state index in [0.717, 1.165) is 14.9 Å². The summed E-state index contributed by atoms with van der Waals surface area (Å²) in [5.41, 5.74) is 1.63. The first-order chi connectivity index (χ1) is 7.79. The molecule has 0 amide bonds. The second-order valence-corrected chi connectivity index (χ2v) is 5.09. The number of thiophene rings is 1. The molecule has 1 nitrogen and oxygen atoms in total. The van der Waals surface area contributed by atoms with Crippen LogP contribution >= 0.6 is 27.3 Å². The van der Waals surface area contributed by atoms with Crippen molar-refractivity contribution in [2.75, 3.05) is 0 Å². The SMILES string of the molecule is N#C/C(=C/c1cccs1)c1ccc(Br)cc1. The lowest BCUT2D eigenvalue weighted by atomic mass is 10.1. The third kappa shape index (κ3) is 2.60. The van der Waals surface area contributed by atoms with Gasteiger partial charge in [-0.1, -0.05) is 34.1 Å². The molecule has 1 aromatic carbocycles. The maximum Gasteiger partial charge on any atom is 0.0998 e. The Labute approximate surface area is 107 Å². The Morgan fingerprint density at radius 3 is 2.56 bits per heavy atom. The Kier molecular flexibility index (Phi) is 3.55. The van der Waals surface area contributed by atoms with Crippen LogP contribution < -0.4 is 0 Å². The predicted octanol–water partition coefficient (Wildman–Crippen LogP) is 4.57. The number of rotatable bonds is 2. The summed E-state index contributed by atoms with van der Waals surface area (Å²) in [4.78, 5) is 1.10. The maximum absolute atomic E-state index is 9.12. The molecular weight excluding hydrogens is 282 g/mol. The van der Waals surface area contributed by atoms with Gasteiger partial charge < -0.3 is 0 Å². The van der Waals surface area contributed by atoms with Crippen LogP contribution in [0.3, 0.4) is 0 Å². The Bertz CT molecular complexity index is 532. The van der Waals surface area contributed by atoms with Crippen molar-refractivity contribution in [1.29, 1.82) is 5.26 Å². The molecule has 2 aromatic rings. The van der Waals surface area contributed by atoms with Crippen LogP contribution in [0.5, 0.6) is 0 Å². The predicted molar refractivity (Wildman–Crippen MR) is 71.9 cm³/mol. The smallest absolute Gasteiger partial charge is 0.0998 e. The Morgan fingerprint density at radius 2 is 2.00 bits per heavy atom. The molecule has 0 N–H and O–H groups in total. The summed E-state index contributed by atoms with van der Waals surface area (Å²) in [6.45, 7) is 0. The second-order valence-electron chi connectivity index (χ2n) is 3.19. The normalized spacial score (nSPS) is 11.1. The fraction of sp³-hybridized carbons (Fsp3) is 0. The van der Waals surface area contributed by atoms with E-state index in [9.17, 15) is 0 Å². The van der Waals surface area contributed by atoms with Crippen LogP contribution in [0.4, 0.5) is 0 Å². The summed E-state index contributed by atoms with van der Waals surface area (Å²) in [5.74, 6) is 0. The van der Waals surface area contributed by atoms with Crippen molar-refractivity contribution in [3.63, 3.8) is 0 Å². The van der Waals surface area contributed by atoms with Crippen molar-refractivity contribution >= 4 is 38.9 Å². The first-order valence-corrected chi connectivity index (χ1v) is 6.38. The molecule has 0 bridgehead atoms. The molecule has 2 rings (SSSR count). The van der Waals surface area contributed by atoms with Crippen LogP contribution in [0.2, 0.25) is 0 Å². The molecule has 1 aromatic heterocycles. The molecule has 16 heavy (non-hydrogen) atoms. The van der Waals surface area contributed by atoms with E-state index in [4.69, 9.17) is 5.26 Å². The molecule has 0 aliphatic rings. The molecule has 0 aliphatic heterocycles. The van der Waals surface area contributed by atoms with Crippen molar-refractivity contribution in [2.45, 2.75) is 0 Å². The number of allylic oxidation sites excluding steroid dienone is 1. The maximum atomic E-state index is 9.12. The third-order valence-electron chi connectivity index (χ3n) is 2.11. The van der Waals surface area contributed by atoms with Gasteiger partial charge in [0.05, 0.1) is 11.6 Å². The van der Waals surface area contributed by atoms with E-state index in [1.165, 1.54) is 0 Å². The number of nitriles is 1. The van der Waals surface area contributed by atoms with E-state index in [1.807, 2.05) is 47.9 Å². The average molecular weight is 290 g/mol. The van der Waals surface area contributed by atoms with Crippen LogP contribution in [-0.4, -0.2) is 0 Å². The summed E-state index contributed by atoms with van der Waals surface area (Å²) in [7, 11) is 0. The van der Waals surface area contributed by atoms with Crippen molar-refractivity contribution in [2.24, 2.45) is 0 Å². The number of hydrogen-bond acceptors (Lipinski definition) is 2. The van der Waals surface area contributed by atoms with E-state index in [-0.39, 0.29) is 0 Å². The summed E-state index contributed by atoms with van der Waals surface area (Å²) in [6.07, 6.45) is 1.91. The Morgan fingerprint density at radius 1 is 1.25 bits per heavy atom.